The van der Waals surface area contributed by atoms with Crippen LogP contribution in [0, 0.1) is 11.6 Å². The minimum atomic E-state index is -0.725. The summed E-state index contributed by atoms with van der Waals surface area (Å²) < 4.78 is 31.7. The molecule has 0 bridgehead atoms. The van der Waals surface area contributed by atoms with Gasteiger partial charge < -0.3 is 0 Å². The van der Waals surface area contributed by atoms with E-state index in [4.69, 9.17) is 11.6 Å². The van der Waals surface area contributed by atoms with Crippen LogP contribution in [0.25, 0.3) is 11.3 Å². The standard InChI is InChI=1S/C22H15BrClF2N5/c1-12(5-4-10-27-2)22-30-29-17-11-28-21(18-14(25)6-3-7-15(18)26)19-16(31(17)22)9-8-13(23)20(19)24/h3-10H,2,11H2,1H3/b10-4-,12-5+. The summed E-state index contributed by atoms with van der Waals surface area (Å²) in [6.07, 6.45) is 5.09. The summed E-state index contributed by atoms with van der Waals surface area (Å²) in [6, 6.07) is 7.23. The number of rotatable bonds is 4. The van der Waals surface area contributed by atoms with Crippen molar-refractivity contribution < 1.29 is 8.78 Å². The molecule has 2 heterocycles. The summed E-state index contributed by atoms with van der Waals surface area (Å²) >= 11 is 10.0. The largest absolute Gasteiger partial charge is 0.277 e. The van der Waals surface area contributed by atoms with E-state index in [1.807, 2.05) is 13.0 Å². The Hall–Kier alpha value is -2.97. The average molecular weight is 503 g/mol. The molecular formula is C22H15BrClF2N5. The molecule has 156 valence electrons. The molecule has 0 radical (unpaired) electrons. The Kier molecular flexibility index (Phi) is 5.93. The molecule has 1 aliphatic heterocycles. The molecule has 4 rings (SSSR count). The molecule has 9 heteroatoms. The van der Waals surface area contributed by atoms with Crippen LogP contribution in [0.2, 0.25) is 5.02 Å². The van der Waals surface area contributed by atoms with Crippen LogP contribution in [0.4, 0.5) is 8.78 Å². The van der Waals surface area contributed by atoms with Crippen LogP contribution in [-0.2, 0) is 6.54 Å². The first kappa shape index (κ1) is 21.3. The lowest BCUT2D eigenvalue weighted by Gasteiger charge is -2.16. The number of nitrogens with zero attached hydrogens (tertiary/aromatic N) is 5. The van der Waals surface area contributed by atoms with Crippen LogP contribution in [0.3, 0.4) is 0 Å². The molecule has 3 aromatic rings. The normalized spacial score (nSPS) is 13.6. The molecule has 1 aromatic heterocycles. The molecule has 0 spiro atoms. The average Bonchev–Trinajstić information content (AvgIpc) is 3.09. The molecule has 0 amide bonds. The first-order valence-electron chi connectivity index (χ1n) is 9.15. The fourth-order valence-electron chi connectivity index (χ4n) is 3.36. The van der Waals surface area contributed by atoms with Crippen molar-refractivity contribution in [3.05, 3.63) is 92.6 Å². The molecule has 0 aliphatic carbocycles. The quantitative estimate of drug-likeness (QED) is 0.328. The van der Waals surface area contributed by atoms with Gasteiger partial charge in [-0.25, -0.2) is 8.78 Å². The van der Waals surface area contributed by atoms with Gasteiger partial charge in [0, 0.05) is 16.2 Å². The first-order valence-corrected chi connectivity index (χ1v) is 10.3. The summed E-state index contributed by atoms with van der Waals surface area (Å²) in [4.78, 5) is 8.18. The number of halogens is 4. The van der Waals surface area contributed by atoms with E-state index >= 15 is 0 Å². The molecule has 0 unspecified atom stereocenters. The van der Waals surface area contributed by atoms with E-state index in [9.17, 15) is 8.78 Å². The van der Waals surface area contributed by atoms with Crippen LogP contribution in [-0.4, -0.2) is 27.2 Å². The van der Waals surface area contributed by atoms with Crippen molar-refractivity contribution in [2.75, 3.05) is 0 Å². The molecular weight excluding hydrogens is 488 g/mol. The summed E-state index contributed by atoms with van der Waals surface area (Å²) in [5, 5.41) is 8.83. The molecule has 31 heavy (non-hydrogen) atoms. The lowest BCUT2D eigenvalue weighted by molar-refractivity contribution is 0.579. The highest BCUT2D eigenvalue weighted by molar-refractivity contribution is 9.10. The van der Waals surface area contributed by atoms with Crippen molar-refractivity contribution in [3.63, 3.8) is 0 Å². The monoisotopic (exact) mass is 501 g/mol. The van der Waals surface area contributed by atoms with Crippen molar-refractivity contribution in [2.45, 2.75) is 13.5 Å². The van der Waals surface area contributed by atoms with Gasteiger partial charge >= 0.3 is 0 Å². The third kappa shape index (κ3) is 3.77. The maximum Gasteiger partial charge on any atom is 0.164 e. The van der Waals surface area contributed by atoms with Crippen molar-refractivity contribution in [2.24, 2.45) is 9.98 Å². The zero-order chi connectivity index (χ0) is 22.1. The van der Waals surface area contributed by atoms with E-state index in [0.29, 0.717) is 27.4 Å². The van der Waals surface area contributed by atoms with Gasteiger partial charge in [0.15, 0.2) is 11.6 Å². The van der Waals surface area contributed by atoms with E-state index in [1.165, 1.54) is 18.2 Å². The number of aliphatic imine (C=N–C) groups is 2. The molecule has 0 atom stereocenters. The number of aromatic nitrogens is 3. The zero-order valence-corrected chi connectivity index (χ0v) is 18.6. The topological polar surface area (TPSA) is 55.4 Å². The summed E-state index contributed by atoms with van der Waals surface area (Å²) in [7, 11) is 0. The highest BCUT2D eigenvalue weighted by atomic mass is 79.9. The van der Waals surface area contributed by atoms with Crippen molar-refractivity contribution in [1.29, 1.82) is 0 Å². The van der Waals surface area contributed by atoms with Gasteiger partial charge in [0.05, 0.1) is 22.0 Å². The van der Waals surface area contributed by atoms with E-state index in [-0.39, 0.29) is 22.8 Å². The van der Waals surface area contributed by atoms with Gasteiger partial charge in [-0.2, -0.15) is 0 Å². The van der Waals surface area contributed by atoms with Crippen LogP contribution in [0.5, 0.6) is 0 Å². The van der Waals surface area contributed by atoms with Gasteiger partial charge in [0.25, 0.3) is 0 Å². The summed E-state index contributed by atoms with van der Waals surface area (Å²) in [5.74, 6) is -0.387. The predicted molar refractivity (Wildman–Crippen MR) is 122 cm³/mol. The van der Waals surface area contributed by atoms with Crippen molar-refractivity contribution in [1.82, 2.24) is 14.8 Å². The lowest BCUT2D eigenvalue weighted by Crippen LogP contribution is -2.13. The molecule has 0 fully saturated rings. The lowest BCUT2D eigenvalue weighted by atomic mass is 9.99. The number of fused-ring (bicyclic) bond motifs is 3. The Morgan fingerprint density at radius 2 is 1.94 bits per heavy atom. The predicted octanol–water partition coefficient (Wildman–Crippen LogP) is 5.93. The molecule has 0 N–H and O–H groups in total. The third-order valence-corrected chi connectivity index (χ3v) is 6.03. The third-order valence-electron chi connectivity index (χ3n) is 4.75. The summed E-state index contributed by atoms with van der Waals surface area (Å²) in [6.45, 7) is 5.34. The van der Waals surface area contributed by atoms with Gasteiger partial charge in [-0.1, -0.05) is 23.7 Å². The van der Waals surface area contributed by atoms with Crippen LogP contribution < -0.4 is 0 Å². The number of hydrogen-bond donors (Lipinski definition) is 0. The fourth-order valence-corrected chi connectivity index (χ4v) is 3.94. The van der Waals surface area contributed by atoms with Crippen molar-refractivity contribution in [3.8, 4) is 5.69 Å². The van der Waals surface area contributed by atoms with E-state index in [1.54, 1.807) is 29.0 Å². The minimum Gasteiger partial charge on any atom is -0.277 e. The number of benzene rings is 2. The smallest absolute Gasteiger partial charge is 0.164 e. The second-order valence-electron chi connectivity index (χ2n) is 6.67. The van der Waals surface area contributed by atoms with Crippen LogP contribution in [0.1, 0.15) is 29.7 Å². The Morgan fingerprint density at radius 1 is 1.19 bits per heavy atom. The van der Waals surface area contributed by atoms with Gasteiger partial charge in [-0.15, -0.1) is 10.2 Å². The van der Waals surface area contributed by atoms with E-state index < -0.39 is 11.6 Å². The Bertz CT molecular complexity index is 1270. The molecule has 1 aliphatic rings. The zero-order valence-electron chi connectivity index (χ0n) is 16.3. The highest BCUT2D eigenvalue weighted by Crippen LogP contribution is 2.37. The minimum absolute atomic E-state index is 0.0655. The number of hydrogen-bond acceptors (Lipinski definition) is 4. The maximum atomic E-state index is 14.7. The van der Waals surface area contributed by atoms with E-state index in [0.717, 1.165) is 5.57 Å². The van der Waals surface area contributed by atoms with Crippen LogP contribution in [0.15, 0.2) is 63.1 Å². The van der Waals surface area contributed by atoms with Gasteiger partial charge in [-0.05, 0) is 65.5 Å². The molecule has 2 aromatic carbocycles. The molecule has 0 saturated heterocycles. The van der Waals surface area contributed by atoms with Crippen LogP contribution >= 0.6 is 27.5 Å². The fraction of sp³-hybridized carbons (Fsp3) is 0.0909. The Balaban J connectivity index is 2.01. The van der Waals surface area contributed by atoms with Gasteiger partial charge in [0.1, 0.15) is 18.2 Å². The van der Waals surface area contributed by atoms with E-state index in [2.05, 4.69) is 42.8 Å². The molecule has 0 saturated carbocycles. The van der Waals surface area contributed by atoms with Gasteiger partial charge in [0.2, 0.25) is 0 Å². The second-order valence-corrected chi connectivity index (χ2v) is 7.90. The Labute approximate surface area is 190 Å². The molecule has 5 nitrogen and oxygen atoms in total. The SMILES string of the molecule is C=N/C=C\C=C(/C)c1nnc2n1-c1ccc(Br)c(Cl)c1C(c1c(F)cccc1F)=NC2. The highest BCUT2D eigenvalue weighted by Gasteiger charge is 2.29. The van der Waals surface area contributed by atoms with Gasteiger partial charge in [-0.3, -0.25) is 14.6 Å². The Morgan fingerprint density at radius 3 is 2.65 bits per heavy atom. The second kappa shape index (κ2) is 8.64. The maximum absolute atomic E-state index is 14.7. The van der Waals surface area contributed by atoms with Crippen molar-refractivity contribution >= 4 is 45.5 Å². The first-order chi connectivity index (χ1) is 14.9. The summed E-state index contributed by atoms with van der Waals surface area (Å²) in [5.41, 5.74) is 1.63. The number of allylic oxidation sites excluding steroid dienone is 3.